The number of hydrogen-bond acceptors (Lipinski definition) is 6. The number of carbonyl (C=O) groups is 2. The van der Waals surface area contributed by atoms with Crippen LogP contribution in [-0.4, -0.2) is 45.9 Å². The zero-order valence-electron chi connectivity index (χ0n) is 15.9. The first-order valence-electron chi connectivity index (χ1n) is 9.69. The number of nitro benzene ring substituents is 1. The molecule has 0 aromatic heterocycles. The number of non-ortho nitro benzene ring substituents is 1. The van der Waals surface area contributed by atoms with Gasteiger partial charge in [-0.2, -0.15) is 0 Å². The van der Waals surface area contributed by atoms with Crippen molar-refractivity contribution in [3.8, 4) is 0 Å². The zero-order chi connectivity index (χ0) is 20.3. The summed E-state index contributed by atoms with van der Waals surface area (Å²) in [5.41, 5.74) is 2.26. The van der Waals surface area contributed by atoms with E-state index in [0.29, 0.717) is 0 Å². The van der Waals surface area contributed by atoms with Gasteiger partial charge in [0.1, 0.15) is 6.04 Å². The number of nitrogens with zero attached hydrogens (tertiary/aromatic N) is 4. The van der Waals surface area contributed by atoms with Crippen LogP contribution >= 0.6 is 0 Å². The Bertz CT molecular complexity index is 1020. The fourth-order valence-corrected chi connectivity index (χ4v) is 4.88. The Hall–Kier alpha value is -3.10. The van der Waals surface area contributed by atoms with Crippen LogP contribution in [0.2, 0.25) is 0 Å². The summed E-state index contributed by atoms with van der Waals surface area (Å²) >= 11 is 0. The van der Waals surface area contributed by atoms with E-state index in [4.69, 9.17) is 0 Å². The topological polar surface area (TPSA) is 87.0 Å². The summed E-state index contributed by atoms with van der Waals surface area (Å²) in [5.74, 6) is -1.12. The van der Waals surface area contributed by atoms with Crippen LogP contribution in [0.15, 0.2) is 48.5 Å². The van der Waals surface area contributed by atoms with Crippen LogP contribution in [0.1, 0.15) is 23.6 Å². The third-order valence-electron chi connectivity index (χ3n) is 6.12. The van der Waals surface area contributed by atoms with E-state index in [1.807, 2.05) is 36.2 Å². The highest BCUT2D eigenvalue weighted by Crippen LogP contribution is 2.49. The summed E-state index contributed by atoms with van der Waals surface area (Å²) in [5, 5.41) is 15.3. The van der Waals surface area contributed by atoms with Crippen molar-refractivity contribution >= 4 is 23.2 Å². The number of anilines is 1. The van der Waals surface area contributed by atoms with Crippen LogP contribution in [-0.2, 0) is 9.59 Å². The van der Waals surface area contributed by atoms with E-state index in [0.717, 1.165) is 35.5 Å². The van der Waals surface area contributed by atoms with Gasteiger partial charge in [0.2, 0.25) is 5.91 Å². The summed E-state index contributed by atoms with van der Waals surface area (Å²) in [7, 11) is 0. The Labute approximate surface area is 167 Å². The molecule has 0 radical (unpaired) electrons. The number of imide groups is 1. The summed E-state index contributed by atoms with van der Waals surface area (Å²) < 4.78 is 0. The third-order valence-corrected chi connectivity index (χ3v) is 6.12. The van der Waals surface area contributed by atoms with E-state index in [2.05, 4.69) is 5.01 Å². The predicted octanol–water partition coefficient (Wildman–Crippen LogP) is 2.44. The highest BCUT2D eigenvalue weighted by Gasteiger charge is 2.62. The van der Waals surface area contributed by atoms with Crippen LogP contribution < -0.4 is 4.90 Å². The lowest BCUT2D eigenvalue weighted by Crippen LogP contribution is -2.44. The van der Waals surface area contributed by atoms with Gasteiger partial charge in [-0.05, 0) is 25.0 Å². The second-order valence-corrected chi connectivity index (χ2v) is 7.79. The zero-order valence-corrected chi connectivity index (χ0v) is 15.9. The largest absolute Gasteiger partial charge is 0.274 e. The first kappa shape index (κ1) is 18.0. The van der Waals surface area contributed by atoms with Gasteiger partial charge in [-0.1, -0.05) is 35.9 Å². The van der Waals surface area contributed by atoms with Gasteiger partial charge in [-0.25, -0.2) is 14.9 Å². The molecule has 0 saturated carbocycles. The third kappa shape index (κ3) is 2.60. The van der Waals surface area contributed by atoms with Crippen molar-refractivity contribution in [2.24, 2.45) is 5.92 Å². The maximum absolute atomic E-state index is 13.4. The molecule has 0 N–H and O–H groups in total. The molecule has 0 unspecified atom stereocenters. The van der Waals surface area contributed by atoms with Gasteiger partial charge in [0.25, 0.3) is 11.6 Å². The highest BCUT2D eigenvalue weighted by molar-refractivity contribution is 6.24. The number of nitro groups is 1. The number of amides is 2. The number of aryl methyl sites for hydroxylation is 1. The molecular weight excluding hydrogens is 372 g/mol. The molecule has 5 rings (SSSR count). The SMILES string of the molecule is Cc1ccc([C@@H]2[C@H]3C(=O)N(c4cccc([N+](=O)[O-])c4)C(=O)[C@@H]3N3CCCN23)cc1. The van der Waals surface area contributed by atoms with Crippen molar-refractivity contribution in [2.75, 3.05) is 18.0 Å². The van der Waals surface area contributed by atoms with E-state index < -0.39 is 16.9 Å². The summed E-state index contributed by atoms with van der Waals surface area (Å²) in [6.45, 7) is 3.55. The minimum Gasteiger partial charge on any atom is -0.274 e. The quantitative estimate of drug-likeness (QED) is 0.453. The van der Waals surface area contributed by atoms with Crippen molar-refractivity contribution in [1.82, 2.24) is 10.0 Å². The Kier molecular flexibility index (Phi) is 4.01. The highest BCUT2D eigenvalue weighted by atomic mass is 16.6. The normalized spacial score (nSPS) is 26.8. The molecule has 3 heterocycles. The first-order chi connectivity index (χ1) is 14.0. The van der Waals surface area contributed by atoms with Gasteiger partial charge < -0.3 is 0 Å². The smallest absolute Gasteiger partial charge is 0.271 e. The van der Waals surface area contributed by atoms with Crippen molar-refractivity contribution in [3.05, 3.63) is 69.8 Å². The van der Waals surface area contributed by atoms with Gasteiger partial charge in [-0.15, -0.1) is 0 Å². The lowest BCUT2D eigenvalue weighted by atomic mass is 9.89. The monoisotopic (exact) mass is 392 g/mol. The molecule has 0 aliphatic carbocycles. The summed E-state index contributed by atoms with van der Waals surface area (Å²) in [4.78, 5) is 38.5. The van der Waals surface area contributed by atoms with Crippen LogP contribution in [0.25, 0.3) is 0 Å². The Morgan fingerprint density at radius 2 is 1.66 bits per heavy atom. The number of hydrogen-bond donors (Lipinski definition) is 0. The van der Waals surface area contributed by atoms with Crippen molar-refractivity contribution in [1.29, 1.82) is 0 Å². The van der Waals surface area contributed by atoms with E-state index in [1.54, 1.807) is 6.07 Å². The van der Waals surface area contributed by atoms with E-state index >= 15 is 0 Å². The van der Waals surface area contributed by atoms with Gasteiger partial charge in [0.05, 0.1) is 22.6 Å². The minimum atomic E-state index is -0.560. The molecule has 3 atom stereocenters. The van der Waals surface area contributed by atoms with E-state index in [9.17, 15) is 19.7 Å². The van der Waals surface area contributed by atoms with Crippen LogP contribution in [0, 0.1) is 23.0 Å². The maximum Gasteiger partial charge on any atom is 0.271 e. The molecule has 29 heavy (non-hydrogen) atoms. The minimum absolute atomic E-state index is 0.141. The molecule has 2 aromatic rings. The average Bonchev–Trinajstić information content (AvgIpc) is 3.35. The van der Waals surface area contributed by atoms with Crippen LogP contribution in [0.4, 0.5) is 11.4 Å². The van der Waals surface area contributed by atoms with Crippen molar-refractivity contribution in [2.45, 2.75) is 25.4 Å². The molecule has 8 nitrogen and oxygen atoms in total. The molecule has 0 spiro atoms. The number of fused-ring (bicyclic) bond motifs is 3. The van der Waals surface area contributed by atoms with Crippen molar-refractivity contribution in [3.63, 3.8) is 0 Å². The molecule has 3 aliphatic rings. The molecule has 148 valence electrons. The van der Waals surface area contributed by atoms with Crippen molar-refractivity contribution < 1.29 is 14.5 Å². The fourth-order valence-electron chi connectivity index (χ4n) is 4.88. The molecule has 2 amide bonds. The molecule has 8 heteroatoms. The van der Waals surface area contributed by atoms with E-state index in [1.165, 1.54) is 18.2 Å². The second-order valence-electron chi connectivity index (χ2n) is 7.79. The fraction of sp³-hybridized carbons (Fsp3) is 0.333. The molecular formula is C21H20N4O4. The standard InChI is InChI=1S/C21H20N4O4/c1-13-6-8-14(9-7-13)18-17-19(23-11-3-10-22(18)23)21(27)24(20(17)26)15-4-2-5-16(12-15)25(28)29/h2,4-9,12,17-19H,3,10-11H2,1H3/t17-,18-,19-/m1/s1. The Balaban J connectivity index is 1.57. The second kappa shape index (κ2) is 6.47. The summed E-state index contributed by atoms with van der Waals surface area (Å²) in [6.07, 6.45) is 0.934. The Morgan fingerprint density at radius 3 is 2.34 bits per heavy atom. The lowest BCUT2D eigenvalue weighted by Gasteiger charge is -2.29. The Morgan fingerprint density at radius 1 is 0.966 bits per heavy atom. The lowest BCUT2D eigenvalue weighted by molar-refractivity contribution is -0.384. The van der Waals surface area contributed by atoms with Gasteiger partial charge in [0, 0.05) is 25.2 Å². The summed E-state index contributed by atoms with van der Waals surface area (Å²) in [6, 6.07) is 13.0. The maximum atomic E-state index is 13.4. The predicted molar refractivity (Wildman–Crippen MR) is 105 cm³/mol. The van der Waals surface area contributed by atoms with Crippen LogP contribution in [0.3, 0.4) is 0 Å². The molecule has 3 fully saturated rings. The molecule has 2 aromatic carbocycles. The first-order valence-corrected chi connectivity index (χ1v) is 9.69. The number of benzene rings is 2. The molecule has 3 aliphatic heterocycles. The van der Waals surface area contributed by atoms with Gasteiger partial charge >= 0.3 is 0 Å². The van der Waals surface area contributed by atoms with E-state index in [-0.39, 0.29) is 29.2 Å². The number of hydrazine groups is 1. The molecule has 0 bridgehead atoms. The van der Waals surface area contributed by atoms with Crippen LogP contribution in [0.5, 0.6) is 0 Å². The van der Waals surface area contributed by atoms with Gasteiger partial charge in [0.15, 0.2) is 0 Å². The number of rotatable bonds is 3. The number of carbonyl (C=O) groups excluding carboxylic acids is 2. The average molecular weight is 392 g/mol. The van der Waals surface area contributed by atoms with Gasteiger partial charge in [-0.3, -0.25) is 19.7 Å². The molecule has 3 saturated heterocycles.